The molecule has 66 valence electrons. The Morgan fingerprint density at radius 2 is 2.15 bits per heavy atom. The Hall–Kier alpha value is -1.26. The Morgan fingerprint density at radius 1 is 1.31 bits per heavy atom. The summed E-state index contributed by atoms with van der Waals surface area (Å²) in [6.07, 6.45) is 1.11. The normalized spacial score (nSPS) is 16.4. The second-order valence-electron chi connectivity index (χ2n) is 3.45. The van der Waals surface area contributed by atoms with Gasteiger partial charge in [0.05, 0.1) is 6.54 Å². The zero-order chi connectivity index (χ0) is 9.10. The maximum Gasteiger partial charge on any atom is 0.0602 e. The van der Waals surface area contributed by atoms with Gasteiger partial charge in [0.1, 0.15) is 0 Å². The molecule has 1 aliphatic rings. The first-order chi connectivity index (χ1) is 6.36. The summed E-state index contributed by atoms with van der Waals surface area (Å²) in [7, 11) is 2.11. The Morgan fingerprint density at radius 3 is 3.08 bits per heavy atom. The first kappa shape index (κ1) is 8.34. The molecular formula is C12H13N. The molecular weight excluding hydrogens is 158 g/mol. The Bertz CT molecular complexity index is 357. The number of benzene rings is 1. The van der Waals surface area contributed by atoms with E-state index in [1.54, 1.807) is 0 Å². The van der Waals surface area contributed by atoms with Gasteiger partial charge in [-0.2, -0.15) is 0 Å². The predicted molar refractivity (Wildman–Crippen MR) is 54.5 cm³/mol. The van der Waals surface area contributed by atoms with E-state index in [0.29, 0.717) is 0 Å². The van der Waals surface area contributed by atoms with Crippen LogP contribution in [0.3, 0.4) is 0 Å². The average Bonchev–Trinajstić information content (AvgIpc) is 2.13. The van der Waals surface area contributed by atoms with Crippen LogP contribution in [0, 0.1) is 11.8 Å². The molecule has 1 nitrogen and oxygen atoms in total. The molecule has 0 aromatic heterocycles. The molecule has 0 saturated carbocycles. The molecule has 0 saturated heterocycles. The van der Waals surface area contributed by atoms with Gasteiger partial charge < -0.3 is 0 Å². The highest BCUT2D eigenvalue weighted by atomic mass is 15.1. The van der Waals surface area contributed by atoms with Crippen molar-refractivity contribution in [2.45, 2.75) is 6.42 Å². The second kappa shape index (κ2) is 3.64. The minimum Gasteiger partial charge on any atom is -0.295 e. The van der Waals surface area contributed by atoms with E-state index in [0.717, 1.165) is 19.5 Å². The fourth-order valence-electron chi connectivity index (χ4n) is 1.52. The highest BCUT2D eigenvalue weighted by Crippen LogP contribution is 2.09. The van der Waals surface area contributed by atoms with Crippen molar-refractivity contribution in [2.75, 3.05) is 20.1 Å². The van der Waals surface area contributed by atoms with Crippen LogP contribution in [0.15, 0.2) is 24.3 Å². The van der Waals surface area contributed by atoms with E-state index in [1.807, 2.05) is 0 Å². The fourth-order valence-corrected chi connectivity index (χ4v) is 1.52. The third kappa shape index (κ3) is 1.91. The number of likely N-dealkylation sites (N-methyl/N-ethyl adjacent to an activating group) is 1. The fraction of sp³-hybridized carbons (Fsp3) is 0.333. The van der Waals surface area contributed by atoms with Gasteiger partial charge in [0.15, 0.2) is 0 Å². The summed E-state index contributed by atoms with van der Waals surface area (Å²) in [5.74, 6) is 6.37. The molecule has 0 spiro atoms. The van der Waals surface area contributed by atoms with Gasteiger partial charge in [-0.15, -0.1) is 0 Å². The summed E-state index contributed by atoms with van der Waals surface area (Å²) < 4.78 is 0. The van der Waals surface area contributed by atoms with Gasteiger partial charge in [0.25, 0.3) is 0 Å². The zero-order valence-electron chi connectivity index (χ0n) is 7.88. The molecule has 0 amide bonds. The Kier molecular flexibility index (Phi) is 2.33. The lowest BCUT2D eigenvalue weighted by Gasteiger charge is -2.15. The molecule has 0 atom stereocenters. The molecule has 1 aromatic carbocycles. The van der Waals surface area contributed by atoms with Gasteiger partial charge in [0.2, 0.25) is 0 Å². The van der Waals surface area contributed by atoms with Crippen molar-refractivity contribution < 1.29 is 0 Å². The second-order valence-corrected chi connectivity index (χ2v) is 3.45. The molecule has 1 aliphatic heterocycles. The van der Waals surface area contributed by atoms with E-state index < -0.39 is 0 Å². The molecule has 0 radical (unpaired) electrons. The molecule has 13 heavy (non-hydrogen) atoms. The lowest BCUT2D eigenvalue weighted by Crippen LogP contribution is -2.22. The first-order valence-corrected chi connectivity index (χ1v) is 4.61. The first-order valence-electron chi connectivity index (χ1n) is 4.61. The molecule has 1 heterocycles. The molecule has 0 N–H and O–H groups in total. The van der Waals surface area contributed by atoms with Crippen LogP contribution in [0.1, 0.15) is 11.1 Å². The molecule has 2 rings (SSSR count). The van der Waals surface area contributed by atoms with Gasteiger partial charge in [-0.05, 0) is 25.1 Å². The summed E-state index contributed by atoms with van der Waals surface area (Å²) in [6.45, 7) is 1.99. The van der Waals surface area contributed by atoms with Crippen LogP contribution in [0.5, 0.6) is 0 Å². The molecule has 0 bridgehead atoms. The number of nitrogens with zero attached hydrogens (tertiary/aromatic N) is 1. The van der Waals surface area contributed by atoms with Gasteiger partial charge >= 0.3 is 0 Å². The standard InChI is InChI=1S/C12H13N/c1-13-9-4-7-11-5-2-3-6-12(11)8-10-13/h2-3,5-6H,8-10H2,1H3. The number of fused-ring (bicyclic) bond motifs is 1. The number of hydrogen-bond acceptors (Lipinski definition) is 1. The molecule has 0 aliphatic carbocycles. The van der Waals surface area contributed by atoms with Crippen LogP contribution in [0.25, 0.3) is 0 Å². The maximum absolute atomic E-state index is 3.20. The van der Waals surface area contributed by atoms with Crippen LogP contribution >= 0.6 is 0 Å². The Balaban J connectivity index is 2.36. The quantitative estimate of drug-likeness (QED) is 0.535. The molecule has 1 aromatic rings. The van der Waals surface area contributed by atoms with Gasteiger partial charge in [0, 0.05) is 12.1 Å². The van der Waals surface area contributed by atoms with Gasteiger partial charge in [-0.25, -0.2) is 0 Å². The minimum absolute atomic E-state index is 0.883. The smallest absolute Gasteiger partial charge is 0.0602 e. The van der Waals surface area contributed by atoms with E-state index in [2.05, 4.69) is 48.1 Å². The largest absolute Gasteiger partial charge is 0.295 e. The van der Waals surface area contributed by atoms with Crippen molar-refractivity contribution in [3.63, 3.8) is 0 Å². The van der Waals surface area contributed by atoms with Crippen LogP contribution in [0.4, 0.5) is 0 Å². The highest BCUT2D eigenvalue weighted by Gasteiger charge is 2.03. The van der Waals surface area contributed by atoms with Crippen LogP contribution in [-0.2, 0) is 6.42 Å². The predicted octanol–water partition coefficient (Wildman–Crippen LogP) is 1.53. The third-order valence-electron chi connectivity index (χ3n) is 2.35. The van der Waals surface area contributed by atoms with Crippen LogP contribution in [-0.4, -0.2) is 25.0 Å². The number of rotatable bonds is 0. The summed E-state index contributed by atoms with van der Waals surface area (Å²) >= 11 is 0. The van der Waals surface area contributed by atoms with Gasteiger partial charge in [-0.3, -0.25) is 4.90 Å². The maximum atomic E-state index is 3.20. The van der Waals surface area contributed by atoms with Crippen molar-refractivity contribution in [3.8, 4) is 11.8 Å². The average molecular weight is 171 g/mol. The highest BCUT2D eigenvalue weighted by molar-refractivity contribution is 5.42. The van der Waals surface area contributed by atoms with Crippen molar-refractivity contribution in [2.24, 2.45) is 0 Å². The van der Waals surface area contributed by atoms with E-state index in [1.165, 1.54) is 11.1 Å². The summed E-state index contributed by atoms with van der Waals surface area (Å²) in [4.78, 5) is 2.25. The lowest BCUT2D eigenvalue weighted by molar-refractivity contribution is 0.379. The molecule has 1 heteroatoms. The van der Waals surface area contributed by atoms with Crippen LogP contribution < -0.4 is 0 Å². The zero-order valence-corrected chi connectivity index (χ0v) is 7.88. The molecule has 0 fully saturated rings. The number of hydrogen-bond donors (Lipinski definition) is 0. The van der Waals surface area contributed by atoms with Crippen molar-refractivity contribution >= 4 is 0 Å². The summed E-state index contributed by atoms with van der Waals surface area (Å²) in [5.41, 5.74) is 2.58. The van der Waals surface area contributed by atoms with Crippen molar-refractivity contribution in [1.82, 2.24) is 4.90 Å². The topological polar surface area (TPSA) is 3.24 Å². The van der Waals surface area contributed by atoms with Crippen molar-refractivity contribution in [3.05, 3.63) is 35.4 Å². The third-order valence-corrected chi connectivity index (χ3v) is 2.35. The summed E-state index contributed by atoms with van der Waals surface area (Å²) in [5, 5.41) is 0. The van der Waals surface area contributed by atoms with E-state index in [4.69, 9.17) is 0 Å². The van der Waals surface area contributed by atoms with Crippen LogP contribution in [0.2, 0.25) is 0 Å². The van der Waals surface area contributed by atoms with E-state index in [9.17, 15) is 0 Å². The summed E-state index contributed by atoms with van der Waals surface area (Å²) in [6, 6.07) is 8.41. The SMILES string of the molecule is CN1CC#Cc2ccccc2CC1. The molecule has 0 unspecified atom stereocenters. The van der Waals surface area contributed by atoms with Gasteiger partial charge in [-0.1, -0.05) is 30.0 Å². The Labute approximate surface area is 79.4 Å². The van der Waals surface area contributed by atoms with E-state index >= 15 is 0 Å². The van der Waals surface area contributed by atoms with E-state index in [-0.39, 0.29) is 0 Å². The lowest BCUT2D eigenvalue weighted by atomic mass is 10.0. The van der Waals surface area contributed by atoms with Crippen molar-refractivity contribution in [1.29, 1.82) is 0 Å². The monoisotopic (exact) mass is 171 g/mol. The minimum atomic E-state index is 0.883.